The summed E-state index contributed by atoms with van der Waals surface area (Å²) in [5.74, 6) is 1.89. The first-order valence-electron chi connectivity index (χ1n) is 5.00. The first-order chi connectivity index (χ1) is 7.13. The molecule has 0 bridgehead atoms. The van der Waals surface area contributed by atoms with Crippen molar-refractivity contribution >= 4 is 23.7 Å². The van der Waals surface area contributed by atoms with Crippen LogP contribution in [0.1, 0.15) is 13.3 Å². The van der Waals surface area contributed by atoms with E-state index in [0.29, 0.717) is 6.04 Å². The average Bonchev–Trinajstić information content (AvgIpc) is 2.70. The van der Waals surface area contributed by atoms with Gasteiger partial charge in [0.25, 0.3) is 0 Å². The van der Waals surface area contributed by atoms with Crippen LogP contribution in [0.25, 0.3) is 0 Å². The molecule has 1 rings (SSSR count). The van der Waals surface area contributed by atoms with Gasteiger partial charge in [-0.1, -0.05) is 0 Å². The lowest BCUT2D eigenvalue weighted by molar-refractivity contribution is -0.121. The van der Waals surface area contributed by atoms with E-state index in [1.54, 1.807) is 6.92 Å². The Morgan fingerprint density at radius 1 is 1.47 bits per heavy atom. The zero-order valence-corrected chi connectivity index (χ0v) is 9.82. The summed E-state index contributed by atoms with van der Waals surface area (Å²) in [5, 5.41) is 7.78. The van der Waals surface area contributed by atoms with Gasteiger partial charge in [-0.2, -0.15) is 11.8 Å². The third-order valence-corrected chi connectivity index (χ3v) is 3.43. The van der Waals surface area contributed by atoms with Crippen molar-refractivity contribution in [3.8, 4) is 0 Å². The SMILES string of the molecule is CNC(=O)NC(=O)C(C)NC1CCSC1. The minimum atomic E-state index is -0.463. The molecule has 3 amide bonds. The molecule has 2 unspecified atom stereocenters. The first kappa shape index (κ1) is 12.3. The minimum absolute atomic E-state index is 0.286. The van der Waals surface area contributed by atoms with E-state index in [9.17, 15) is 9.59 Å². The van der Waals surface area contributed by atoms with Crippen molar-refractivity contribution in [3.63, 3.8) is 0 Å². The molecule has 6 heteroatoms. The second-order valence-electron chi connectivity index (χ2n) is 3.52. The topological polar surface area (TPSA) is 70.2 Å². The van der Waals surface area contributed by atoms with Crippen molar-refractivity contribution in [2.45, 2.75) is 25.4 Å². The van der Waals surface area contributed by atoms with E-state index in [0.717, 1.165) is 17.9 Å². The Kier molecular flexibility index (Phi) is 4.90. The fraction of sp³-hybridized carbons (Fsp3) is 0.778. The standard InChI is InChI=1S/C9H17N3O2S/c1-6(8(13)12-9(14)10-2)11-7-3-4-15-5-7/h6-7,11H,3-5H2,1-2H3,(H2,10,12,13,14). The number of hydrogen-bond donors (Lipinski definition) is 3. The van der Waals surface area contributed by atoms with E-state index in [1.165, 1.54) is 7.05 Å². The maximum absolute atomic E-state index is 11.5. The molecule has 1 heterocycles. The van der Waals surface area contributed by atoms with Crippen LogP contribution in [0, 0.1) is 0 Å². The van der Waals surface area contributed by atoms with Crippen LogP contribution in [-0.4, -0.2) is 42.6 Å². The second-order valence-corrected chi connectivity index (χ2v) is 4.67. The Morgan fingerprint density at radius 2 is 2.20 bits per heavy atom. The number of thioether (sulfide) groups is 1. The van der Waals surface area contributed by atoms with E-state index in [1.807, 2.05) is 11.8 Å². The fourth-order valence-electron chi connectivity index (χ4n) is 1.38. The van der Waals surface area contributed by atoms with Crippen molar-refractivity contribution in [2.75, 3.05) is 18.6 Å². The highest BCUT2D eigenvalue weighted by molar-refractivity contribution is 7.99. The molecular formula is C9H17N3O2S. The number of nitrogens with one attached hydrogen (secondary N) is 3. The average molecular weight is 231 g/mol. The third-order valence-electron chi connectivity index (χ3n) is 2.27. The Morgan fingerprint density at radius 3 is 2.73 bits per heavy atom. The van der Waals surface area contributed by atoms with Gasteiger partial charge in [0, 0.05) is 18.8 Å². The molecule has 0 aromatic rings. The Bertz CT molecular complexity index is 242. The van der Waals surface area contributed by atoms with Crippen LogP contribution in [0.5, 0.6) is 0 Å². The zero-order chi connectivity index (χ0) is 11.3. The number of urea groups is 1. The molecule has 0 aliphatic carbocycles. The molecule has 1 fully saturated rings. The molecule has 0 radical (unpaired) electrons. The molecule has 0 saturated carbocycles. The lowest BCUT2D eigenvalue weighted by atomic mass is 10.2. The summed E-state index contributed by atoms with van der Waals surface area (Å²) in [7, 11) is 1.48. The molecule has 0 aromatic carbocycles. The molecule has 15 heavy (non-hydrogen) atoms. The summed E-state index contributed by atoms with van der Waals surface area (Å²) >= 11 is 1.88. The van der Waals surface area contributed by atoms with E-state index in [-0.39, 0.29) is 11.9 Å². The number of imide groups is 1. The van der Waals surface area contributed by atoms with Crippen LogP contribution in [0.2, 0.25) is 0 Å². The van der Waals surface area contributed by atoms with Crippen molar-refractivity contribution < 1.29 is 9.59 Å². The summed E-state index contributed by atoms with van der Waals surface area (Å²) in [6.45, 7) is 1.77. The lowest BCUT2D eigenvalue weighted by Crippen LogP contribution is -2.50. The lowest BCUT2D eigenvalue weighted by Gasteiger charge is -2.17. The molecule has 1 aliphatic heterocycles. The highest BCUT2D eigenvalue weighted by Crippen LogP contribution is 2.17. The molecule has 86 valence electrons. The van der Waals surface area contributed by atoms with Gasteiger partial charge in [0.1, 0.15) is 0 Å². The molecule has 5 nitrogen and oxygen atoms in total. The molecule has 1 aliphatic rings. The normalized spacial score (nSPS) is 22.1. The van der Waals surface area contributed by atoms with Gasteiger partial charge in [-0.3, -0.25) is 10.1 Å². The summed E-state index contributed by atoms with van der Waals surface area (Å²) in [5.41, 5.74) is 0. The molecule has 0 aromatic heterocycles. The second kappa shape index (κ2) is 5.97. The minimum Gasteiger partial charge on any atom is -0.341 e. The van der Waals surface area contributed by atoms with Crippen molar-refractivity contribution in [1.82, 2.24) is 16.0 Å². The Labute approximate surface area is 93.7 Å². The number of amides is 3. The molecule has 1 saturated heterocycles. The quantitative estimate of drug-likeness (QED) is 0.636. The van der Waals surface area contributed by atoms with Gasteiger partial charge in [-0.15, -0.1) is 0 Å². The molecule has 0 spiro atoms. The monoisotopic (exact) mass is 231 g/mol. The molecule has 3 N–H and O–H groups in total. The van der Waals surface area contributed by atoms with E-state index >= 15 is 0 Å². The van der Waals surface area contributed by atoms with Gasteiger partial charge >= 0.3 is 6.03 Å². The number of hydrogen-bond acceptors (Lipinski definition) is 4. The smallest absolute Gasteiger partial charge is 0.321 e. The van der Waals surface area contributed by atoms with Crippen molar-refractivity contribution in [2.24, 2.45) is 0 Å². The van der Waals surface area contributed by atoms with Crippen LogP contribution in [-0.2, 0) is 4.79 Å². The fourth-order valence-corrected chi connectivity index (χ4v) is 2.54. The van der Waals surface area contributed by atoms with Crippen LogP contribution < -0.4 is 16.0 Å². The number of carbonyl (C=O) groups is 2. The van der Waals surface area contributed by atoms with Crippen molar-refractivity contribution in [1.29, 1.82) is 0 Å². The van der Waals surface area contributed by atoms with Gasteiger partial charge < -0.3 is 10.6 Å². The van der Waals surface area contributed by atoms with Gasteiger partial charge in [0.15, 0.2) is 0 Å². The van der Waals surface area contributed by atoms with Gasteiger partial charge in [0.05, 0.1) is 6.04 Å². The molecule has 2 atom stereocenters. The van der Waals surface area contributed by atoms with E-state index in [2.05, 4.69) is 16.0 Å². The summed E-state index contributed by atoms with van der Waals surface area (Å²) < 4.78 is 0. The Balaban J connectivity index is 2.28. The van der Waals surface area contributed by atoms with E-state index in [4.69, 9.17) is 0 Å². The number of carbonyl (C=O) groups excluding carboxylic acids is 2. The van der Waals surface area contributed by atoms with Gasteiger partial charge in [0.2, 0.25) is 5.91 Å². The maximum atomic E-state index is 11.5. The third kappa shape index (κ3) is 4.09. The number of rotatable bonds is 3. The maximum Gasteiger partial charge on any atom is 0.321 e. The van der Waals surface area contributed by atoms with Crippen LogP contribution in [0.3, 0.4) is 0 Å². The van der Waals surface area contributed by atoms with Crippen LogP contribution in [0.15, 0.2) is 0 Å². The van der Waals surface area contributed by atoms with Crippen LogP contribution >= 0.6 is 11.8 Å². The van der Waals surface area contributed by atoms with Crippen molar-refractivity contribution in [3.05, 3.63) is 0 Å². The summed E-state index contributed by atoms with van der Waals surface area (Å²) in [4.78, 5) is 22.3. The summed E-state index contributed by atoms with van der Waals surface area (Å²) in [6.07, 6.45) is 1.09. The highest BCUT2D eigenvalue weighted by atomic mass is 32.2. The predicted molar refractivity (Wildman–Crippen MR) is 60.9 cm³/mol. The Hall–Kier alpha value is -0.750. The van der Waals surface area contributed by atoms with Gasteiger partial charge in [-0.25, -0.2) is 4.79 Å². The first-order valence-corrected chi connectivity index (χ1v) is 6.15. The largest absolute Gasteiger partial charge is 0.341 e. The van der Waals surface area contributed by atoms with Gasteiger partial charge in [-0.05, 0) is 19.1 Å². The molecular weight excluding hydrogens is 214 g/mol. The zero-order valence-electron chi connectivity index (χ0n) is 9.00. The van der Waals surface area contributed by atoms with E-state index < -0.39 is 6.03 Å². The highest BCUT2D eigenvalue weighted by Gasteiger charge is 2.21. The summed E-state index contributed by atoms with van der Waals surface area (Å²) in [6, 6.07) is -0.402. The van der Waals surface area contributed by atoms with Crippen LogP contribution in [0.4, 0.5) is 4.79 Å². The predicted octanol–water partition coefficient (Wildman–Crippen LogP) is -0.0744.